The minimum Gasteiger partial charge on any atom is -0.347 e. The Hall–Kier alpha value is -3.41. The van der Waals surface area contributed by atoms with E-state index < -0.39 is 0 Å². The van der Waals surface area contributed by atoms with Crippen LogP contribution in [0, 0.1) is 6.92 Å². The minimum atomic E-state index is -0.204. The highest BCUT2D eigenvalue weighted by molar-refractivity contribution is 5.95. The number of hydrogen-bond donors (Lipinski definition) is 2. The maximum atomic E-state index is 12.4. The fraction of sp³-hybridized carbons (Fsp3) is 0.227. The first-order valence-electron chi connectivity index (χ1n) is 9.40. The van der Waals surface area contributed by atoms with Gasteiger partial charge in [-0.3, -0.25) is 14.7 Å². The molecule has 2 amide bonds. The lowest BCUT2D eigenvalue weighted by Gasteiger charge is -2.16. The maximum Gasteiger partial charge on any atom is 0.269 e. The number of aryl methyl sites for hydroxylation is 1. The lowest BCUT2D eigenvalue weighted by molar-refractivity contribution is -0.117. The Bertz CT molecular complexity index is 990. The number of aromatic amines is 1. The van der Waals surface area contributed by atoms with E-state index in [-0.39, 0.29) is 11.8 Å². The fourth-order valence-electron chi connectivity index (χ4n) is 3.30. The zero-order chi connectivity index (χ0) is 19.5. The van der Waals surface area contributed by atoms with E-state index in [2.05, 4.69) is 15.5 Å². The normalized spacial score (nSPS) is 13.8. The first-order chi connectivity index (χ1) is 13.6. The molecular weight excluding hydrogens is 352 g/mol. The summed E-state index contributed by atoms with van der Waals surface area (Å²) in [6.07, 6.45) is 1.53. The van der Waals surface area contributed by atoms with Crippen molar-refractivity contribution in [2.45, 2.75) is 26.3 Å². The first-order valence-corrected chi connectivity index (χ1v) is 9.40. The number of amides is 2. The van der Waals surface area contributed by atoms with Gasteiger partial charge in [-0.05, 0) is 37.1 Å². The number of carbonyl (C=O) groups is 2. The number of anilines is 1. The van der Waals surface area contributed by atoms with E-state index in [9.17, 15) is 9.59 Å². The lowest BCUT2D eigenvalue weighted by Crippen LogP contribution is -2.24. The molecular formula is C22H22N4O2. The zero-order valence-corrected chi connectivity index (χ0v) is 15.7. The van der Waals surface area contributed by atoms with Gasteiger partial charge in [0, 0.05) is 30.8 Å². The van der Waals surface area contributed by atoms with Gasteiger partial charge in [-0.2, -0.15) is 5.10 Å². The molecule has 0 bridgehead atoms. The third-order valence-electron chi connectivity index (χ3n) is 4.94. The molecule has 142 valence electrons. The molecule has 1 fully saturated rings. The summed E-state index contributed by atoms with van der Waals surface area (Å²) in [5, 5.41) is 9.93. The van der Waals surface area contributed by atoms with E-state index in [0.717, 1.165) is 35.5 Å². The molecule has 6 nitrogen and oxygen atoms in total. The number of carbonyl (C=O) groups excluding carboxylic acids is 2. The van der Waals surface area contributed by atoms with Crippen LogP contribution in [0.5, 0.6) is 0 Å². The molecule has 2 heterocycles. The minimum absolute atomic E-state index is 0.171. The second-order valence-corrected chi connectivity index (χ2v) is 7.03. The smallest absolute Gasteiger partial charge is 0.269 e. The van der Waals surface area contributed by atoms with Gasteiger partial charge in [0.1, 0.15) is 5.69 Å². The van der Waals surface area contributed by atoms with Gasteiger partial charge in [0.2, 0.25) is 5.91 Å². The molecule has 0 aliphatic carbocycles. The number of benzene rings is 2. The van der Waals surface area contributed by atoms with Crippen molar-refractivity contribution in [3.8, 4) is 11.3 Å². The number of aromatic nitrogens is 2. The molecule has 0 spiro atoms. The highest BCUT2D eigenvalue weighted by Crippen LogP contribution is 2.22. The zero-order valence-electron chi connectivity index (χ0n) is 15.7. The fourth-order valence-corrected chi connectivity index (χ4v) is 3.30. The monoisotopic (exact) mass is 374 g/mol. The Morgan fingerprint density at radius 3 is 2.57 bits per heavy atom. The molecule has 0 atom stereocenters. The molecule has 1 saturated heterocycles. The summed E-state index contributed by atoms with van der Waals surface area (Å²) in [6, 6.07) is 17.5. The molecule has 1 aliphatic heterocycles. The van der Waals surface area contributed by atoms with Gasteiger partial charge in [-0.1, -0.05) is 42.0 Å². The van der Waals surface area contributed by atoms with E-state index in [1.807, 2.05) is 55.5 Å². The number of H-pyrrole nitrogens is 1. The van der Waals surface area contributed by atoms with E-state index in [0.29, 0.717) is 18.7 Å². The Balaban J connectivity index is 1.37. The van der Waals surface area contributed by atoms with Crippen LogP contribution < -0.4 is 10.2 Å². The summed E-state index contributed by atoms with van der Waals surface area (Å²) in [4.78, 5) is 26.0. The Morgan fingerprint density at radius 2 is 1.89 bits per heavy atom. The van der Waals surface area contributed by atoms with Gasteiger partial charge in [0.05, 0.1) is 5.69 Å². The molecule has 4 rings (SSSR count). The van der Waals surface area contributed by atoms with Crippen LogP contribution in [0.25, 0.3) is 11.3 Å². The highest BCUT2D eigenvalue weighted by Gasteiger charge is 2.21. The molecule has 0 saturated carbocycles. The van der Waals surface area contributed by atoms with Crippen LogP contribution in [-0.4, -0.2) is 28.6 Å². The summed E-state index contributed by atoms with van der Waals surface area (Å²) in [5.41, 5.74) is 5.20. The van der Waals surface area contributed by atoms with E-state index in [4.69, 9.17) is 0 Å². The van der Waals surface area contributed by atoms with Crippen LogP contribution in [-0.2, 0) is 11.3 Å². The summed E-state index contributed by atoms with van der Waals surface area (Å²) < 4.78 is 0. The molecule has 6 heteroatoms. The second-order valence-electron chi connectivity index (χ2n) is 7.03. The SMILES string of the molecule is Cc1ccc(-c2cc(C(=O)NCc3ccc(N4CCCC4=O)cc3)[nH]n2)cc1. The van der Waals surface area contributed by atoms with Crippen LogP contribution in [0.1, 0.15) is 34.5 Å². The van der Waals surface area contributed by atoms with Gasteiger partial charge >= 0.3 is 0 Å². The molecule has 2 aromatic carbocycles. The Morgan fingerprint density at radius 1 is 1.14 bits per heavy atom. The van der Waals surface area contributed by atoms with Crippen molar-refractivity contribution >= 4 is 17.5 Å². The van der Waals surface area contributed by atoms with Crippen LogP contribution in [0.15, 0.2) is 54.6 Å². The van der Waals surface area contributed by atoms with Crippen molar-refractivity contribution < 1.29 is 9.59 Å². The lowest BCUT2D eigenvalue weighted by atomic mass is 10.1. The molecule has 1 aliphatic rings. The van der Waals surface area contributed by atoms with Gasteiger partial charge < -0.3 is 10.2 Å². The summed E-state index contributed by atoms with van der Waals surface area (Å²) >= 11 is 0. The molecule has 3 aromatic rings. The van der Waals surface area contributed by atoms with Gasteiger partial charge in [0.25, 0.3) is 5.91 Å². The quantitative estimate of drug-likeness (QED) is 0.718. The third kappa shape index (κ3) is 3.81. The van der Waals surface area contributed by atoms with Crippen LogP contribution in [0.3, 0.4) is 0 Å². The average molecular weight is 374 g/mol. The van der Waals surface area contributed by atoms with Crippen LogP contribution in [0.2, 0.25) is 0 Å². The molecule has 0 unspecified atom stereocenters. The van der Waals surface area contributed by atoms with Crippen LogP contribution in [0.4, 0.5) is 5.69 Å². The van der Waals surface area contributed by atoms with Gasteiger partial charge in [0.15, 0.2) is 0 Å². The van der Waals surface area contributed by atoms with Crippen molar-refractivity contribution in [2.75, 3.05) is 11.4 Å². The molecule has 28 heavy (non-hydrogen) atoms. The van der Waals surface area contributed by atoms with Gasteiger partial charge in [-0.25, -0.2) is 0 Å². The van der Waals surface area contributed by atoms with Crippen molar-refractivity contribution in [1.82, 2.24) is 15.5 Å². The van der Waals surface area contributed by atoms with E-state index >= 15 is 0 Å². The Labute approximate surface area is 163 Å². The van der Waals surface area contributed by atoms with Crippen LogP contribution >= 0.6 is 0 Å². The molecule has 1 aromatic heterocycles. The second kappa shape index (κ2) is 7.68. The summed E-state index contributed by atoms with van der Waals surface area (Å²) in [7, 11) is 0. The Kier molecular flexibility index (Phi) is 4.93. The summed E-state index contributed by atoms with van der Waals surface area (Å²) in [6.45, 7) is 3.22. The number of rotatable bonds is 5. The van der Waals surface area contributed by atoms with Gasteiger partial charge in [-0.15, -0.1) is 0 Å². The maximum absolute atomic E-state index is 12.4. The third-order valence-corrected chi connectivity index (χ3v) is 4.94. The standard InChI is InChI=1S/C22H22N4O2/c1-15-4-8-17(9-5-15)19-13-20(25-24-19)22(28)23-14-16-6-10-18(11-7-16)26-12-2-3-21(26)27/h4-11,13H,2-3,12,14H2,1H3,(H,23,28)(H,24,25). The predicted molar refractivity (Wildman–Crippen MR) is 108 cm³/mol. The number of nitrogens with zero attached hydrogens (tertiary/aromatic N) is 2. The predicted octanol–water partition coefficient (Wildman–Crippen LogP) is 3.44. The van der Waals surface area contributed by atoms with Crippen molar-refractivity contribution in [2.24, 2.45) is 0 Å². The average Bonchev–Trinajstić information content (AvgIpc) is 3.37. The van der Waals surface area contributed by atoms with Crippen molar-refractivity contribution in [3.05, 3.63) is 71.4 Å². The van der Waals surface area contributed by atoms with E-state index in [1.54, 1.807) is 11.0 Å². The number of nitrogens with one attached hydrogen (secondary N) is 2. The largest absolute Gasteiger partial charge is 0.347 e. The molecule has 0 radical (unpaired) electrons. The van der Waals surface area contributed by atoms with E-state index in [1.165, 1.54) is 5.56 Å². The summed E-state index contributed by atoms with van der Waals surface area (Å²) in [5.74, 6) is -0.0330. The highest BCUT2D eigenvalue weighted by atomic mass is 16.2. The number of hydrogen-bond acceptors (Lipinski definition) is 3. The van der Waals surface area contributed by atoms with Crippen molar-refractivity contribution in [1.29, 1.82) is 0 Å². The first kappa shape index (κ1) is 18.0. The molecule has 2 N–H and O–H groups in total. The van der Waals surface area contributed by atoms with Crippen molar-refractivity contribution in [3.63, 3.8) is 0 Å². The topological polar surface area (TPSA) is 78.1 Å².